The van der Waals surface area contributed by atoms with Gasteiger partial charge in [-0.05, 0) is 23.1 Å². The standard InChI is InChI=1S/C24H28FN7O8/c1-15(33)26-9-17-11-31(24(35)40-17)16-2-3-20(19(25)8-16)28-4-6-29(7-5-28)22(34)14-38-18-10-30-12-21(32(36)37)27-23(30)39-13-18/h2-3,8,12,17-18H,4-7,9-11,13-14H2,1H3,(H,26,33). The second-order valence-electron chi connectivity index (χ2n) is 9.59. The van der Waals surface area contributed by atoms with Crippen LogP contribution in [0.2, 0.25) is 0 Å². The summed E-state index contributed by atoms with van der Waals surface area (Å²) in [5, 5.41) is 13.5. The van der Waals surface area contributed by atoms with Crippen LogP contribution < -0.4 is 19.9 Å². The van der Waals surface area contributed by atoms with E-state index in [0.29, 0.717) is 37.6 Å². The van der Waals surface area contributed by atoms with Gasteiger partial charge in [0.15, 0.2) is 0 Å². The summed E-state index contributed by atoms with van der Waals surface area (Å²) in [6, 6.07) is 4.64. The molecule has 15 nitrogen and oxygen atoms in total. The number of nitrogens with one attached hydrogen (secondary N) is 1. The maximum atomic E-state index is 15.1. The predicted molar refractivity (Wildman–Crippen MR) is 136 cm³/mol. The Kier molecular flexibility index (Phi) is 7.68. The Morgan fingerprint density at radius 1 is 1.25 bits per heavy atom. The summed E-state index contributed by atoms with van der Waals surface area (Å²) in [5.74, 6) is -1.28. The first kappa shape index (κ1) is 27.1. The average molecular weight is 562 g/mol. The fourth-order valence-corrected chi connectivity index (χ4v) is 4.75. The number of carbonyl (C=O) groups excluding carboxylic acids is 3. The zero-order valence-corrected chi connectivity index (χ0v) is 21.7. The number of rotatable bonds is 8. The number of hydrogen-bond donors (Lipinski definition) is 1. The van der Waals surface area contributed by atoms with Crippen molar-refractivity contribution in [3.05, 3.63) is 40.3 Å². The zero-order valence-electron chi connectivity index (χ0n) is 21.7. The summed E-state index contributed by atoms with van der Waals surface area (Å²) in [4.78, 5) is 54.9. The smallest absolute Gasteiger partial charge is 0.414 e. The molecule has 1 aromatic carbocycles. The fraction of sp³-hybridized carbons (Fsp3) is 0.500. The zero-order chi connectivity index (χ0) is 28.4. The monoisotopic (exact) mass is 561 g/mol. The van der Waals surface area contributed by atoms with Gasteiger partial charge in [0.2, 0.25) is 11.8 Å². The summed E-state index contributed by atoms with van der Waals surface area (Å²) in [6.45, 7) is 3.49. The third-order valence-corrected chi connectivity index (χ3v) is 6.82. The first-order valence-electron chi connectivity index (χ1n) is 12.7. The van der Waals surface area contributed by atoms with Gasteiger partial charge in [0, 0.05) is 38.1 Å². The van der Waals surface area contributed by atoms with E-state index in [4.69, 9.17) is 14.2 Å². The number of ether oxygens (including phenoxy) is 3. The number of fused-ring (bicyclic) bond motifs is 1. The second kappa shape index (κ2) is 11.3. The molecule has 0 aliphatic carbocycles. The van der Waals surface area contributed by atoms with Crippen molar-refractivity contribution in [1.82, 2.24) is 19.8 Å². The first-order valence-corrected chi connectivity index (χ1v) is 12.7. The maximum Gasteiger partial charge on any atom is 0.414 e. The molecule has 0 spiro atoms. The van der Waals surface area contributed by atoms with Crippen molar-refractivity contribution in [1.29, 1.82) is 0 Å². The lowest BCUT2D eigenvalue weighted by Gasteiger charge is -2.36. The van der Waals surface area contributed by atoms with Crippen molar-refractivity contribution in [2.24, 2.45) is 0 Å². The number of nitrogens with zero attached hydrogens (tertiary/aromatic N) is 6. The number of hydrogen-bond acceptors (Lipinski definition) is 10. The van der Waals surface area contributed by atoms with Crippen LogP contribution in [-0.2, 0) is 25.6 Å². The van der Waals surface area contributed by atoms with Crippen molar-refractivity contribution in [3.63, 3.8) is 0 Å². The number of benzene rings is 1. The van der Waals surface area contributed by atoms with E-state index >= 15 is 4.39 Å². The van der Waals surface area contributed by atoms with E-state index in [1.807, 2.05) is 4.90 Å². The van der Waals surface area contributed by atoms with Crippen molar-refractivity contribution in [2.45, 2.75) is 25.7 Å². The number of imidazole rings is 1. The lowest BCUT2D eigenvalue weighted by Crippen LogP contribution is -2.50. The van der Waals surface area contributed by atoms with Crippen LogP contribution in [0.1, 0.15) is 6.92 Å². The normalized spacial score (nSPS) is 20.6. The van der Waals surface area contributed by atoms with E-state index in [0.717, 1.165) is 0 Å². The molecule has 2 fully saturated rings. The molecule has 0 radical (unpaired) electrons. The highest BCUT2D eigenvalue weighted by Gasteiger charge is 2.33. The Bertz CT molecular complexity index is 1310. The van der Waals surface area contributed by atoms with Gasteiger partial charge in [0.05, 0.1) is 31.0 Å². The third kappa shape index (κ3) is 5.90. The SMILES string of the molecule is CC(=O)NCC1CN(c2ccc(N3CCN(C(=O)COC4COc5nc([N+](=O)[O-])cn5C4)CC3)c(F)c2)C(=O)O1. The summed E-state index contributed by atoms with van der Waals surface area (Å²) in [7, 11) is 0. The number of nitro groups is 1. The maximum absolute atomic E-state index is 15.1. The van der Waals surface area contributed by atoms with Crippen molar-refractivity contribution in [2.75, 3.05) is 62.3 Å². The van der Waals surface area contributed by atoms with Gasteiger partial charge in [0.25, 0.3) is 0 Å². The van der Waals surface area contributed by atoms with Crippen molar-refractivity contribution >= 4 is 35.1 Å². The predicted octanol–water partition coefficient (Wildman–Crippen LogP) is 0.518. The fourth-order valence-electron chi connectivity index (χ4n) is 4.75. The minimum absolute atomic E-state index is 0.121. The molecule has 214 valence electrons. The van der Waals surface area contributed by atoms with Gasteiger partial charge in [-0.3, -0.25) is 19.1 Å². The molecule has 2 atom stereocenters. The molecule has 2 aromatic rings. The van der Waals surface area contributed by atoms with Crippen LogP contribution in [0.25, 0.3) is 0 Å². The van der Waals surface area contributed by atoms with Crippen LogP contribution >= 0.6 is 0 Å². The van der Waals surface area contributed by atoms with Crippen LogP contribution in [0.3, 0.4) is 0 Å². The number of amides is 3. The molecule has 2 unspecified atom stereocenters. The highest BCUT2D eigenvalue weighted by molar-refractivity contribution is 5.90. The van der Waals surface area contributed by atoms with Gasteiger partial charge in [-0.1, -0.05) is 0 Å². The lowest BCUT2D eigenvalue weighted by molar-refractivity contribution is -0.389. The number of anilines is 2. The molecular weight excluding hydrogens is 533 g/mol. The first-order chi connectivity index (χ1) is 19.2. The van der Waals surface area contributed by atoms with Gasteiger partial charge >= 0.3 is 17.9 Å². The number of halogens is 1. The van der Waals surface area contributed by atoms with E-state index in [9.17, 15) is 24.5 Å². The largest absolute Gasteiger partial charge is 0.443 e. The van der Waals surface area contributed by atoms with Crippen molar-refractivity contribution in [3.8, 4) is 6.01 Å². The van der Waals surface area contributed by atoms with Crippen LogP contribution in [0.5, 0.6) is 6.01 Å². The number of aromatic nitrogens is 2. The van der Waals surface area contributed by atoms with Gasteiger partial charge in [-0.2, -0.15) is 0 Å². The third-order valence-electron chi connectivity index (χ3n) is 6.82. The molecule has 5 rings (SSSR count). The molecule has 3 aliphatic rings. The molecule has 1 aromatic heterocycles. The summed E-state index contributed by atoms with van der Waals surface area (Å²) >= 11 is 0. The van der Waals surface area contributed by atoms with Gasteiger partial charge in [0.1, 0.15) is 37.4 Å². The Labute approximate surface area is 227 Å². The van der Waals surface area contributed by atoms with Crippen LogP contribution in [-0.4, -0.2) is 102 Å². The Morgan fingerprint density at radius 3 is 2.73 bits per heavy atom. The number of carbonyl (C=O) groups is 3. The van der Waals surface area contributed by atoms with E-state index in [-0.39, 0.29) is 56.5 Å². The van der Waals surface area contributed by atoms with Crippen molar-refractivity contribution < 1.29 is 37.9 Å². The minimum atomic E-state index is -0.608. The molecule has 2 saturated heterocycles. The van der Waals surface area contributed by atoms with Crippen LogP contribution in [0.15, 0.2) is 24.4 Å². The van der Waals surface area contributed by atoms with Crippen LogP contribution in [0, 0.1) is 15.9 Å². The highest BCUT2D eigenvalue weighted by Crippen LogP contribution is 2.29. The quantitative estimate of drug-likeness (QED) is 0.355. The van der Waals surface area contributed by atoms with E-state index in [1.165, 1.54) is 28.7 Å². The average Bonchev–Trinajstić information content (AvgIpc) is 3.53. The van der Waals surface area contributed by atoms with Gasteiger partial charge in [-0.15, -0.1) is 0 Å². The van der Waals surface area contributed by atoms with Gasteiger partial charge in [-0.25, -0.2) is 9.18 Å². The summed E-state index contributed by atoms with van der Waals surface area (Å²) in [6.07, 6.45) is -0.334. The molecule has 0 bridgehead atoms. The topological polar surface area (TPSA) is 162 Å². The molecule has 3 aliphatic heterocycles. The molecule has 4 heterocycles. The molecular formula is C24H28FN7O8. The van der Waals surface area contributed by atoms with E-state index in [1.54, 1.807) is 17.0 Å². The Balaban J connectivity index is 1.09. The van der Waals surface area contributed by atoms with E-state index < -0.39 is 29.0 Å². The summed E-state index contributed by atoms with van der Waals surface area (Å²) in [5.41, 5.74) is 0.714. The Hall–Kier alpha value is -4.47. The summed E-state index contributed by atoms with van der Waals surface area (Å²) < 4.78 is 32.9. The number of piperazine rings is 1. The molecule has 0 saturated carbocycles. The minimum Gasteiger partial charge on any atom is -0.443 e. The molecule has 1 N–H and O–H groups in total. The lowest BCUT2D eigenvalue weighted by atomic mass is 10.2. The molecule has 16 heteroatoms. The highest BCUT2D eigenvalue weighted by atomic mass is 19.1. The van der Waals surface area contributed by atoms with Crippen LogP contribution in [0.4, 0.5) is 26.4 Å². The van der Waals surface area contributed by atoms with E-state index in [2.05, 4.69) is 10.3 Å². The number of cyclic esters (lactones) is 1. The molecule has 40 heavy (non-hydrogen) atoms. The van der Waals surface area contributed by atoms with Gasteiger partial charge < -0.3 is 39.4 Å². The molecule has 3 amide bonds. The Morgan fingerprint density at radius 2 is 2.02 bits per heavy atom. The second-order valence-corrected chi connectivity index (χ2v) is 9.59.